The zero-order valence-electron chi connectivity index (χ0n) is 18.2. The molecule has 156 valence electrons. The Morgan fingerprint density at radius 2 is 1.93 bits per heavy atom. The highest BCUT2D eigenvalue weighted by molar-refractivity contribution is 5.97. The van der Waals surface area contributed by atoms with Crippen LogP contribution in [0.1, 0.15) is 44.4 Å². The fraction of sp³-hybridized carbons (Fsp3) is 0.391. The maximum Gasteiger partial charge on any atom is 0.252 e. The van der Waals surface area contributed by atoms with Crippen molar-refractivity contribution in [2.24, 2.45) is 5.92 Å². The smallest absolute Gasteiger partial charge is 0.252 e. The molecular formula is C23H28N6O. The first-order valence-corrected chi connectivity index (χ1v) is 10.4. The van der Waals surface area contributed by atoms with Gasteiger partial charge in [0.2, 0.25) is 5.91 Å². The molecule has 4 aromatic rings. The number of rotatable bonds is 6. The van der Waals surface area contributed by atoms with E-state index in [0.717, 1.165) is 34.4 Å². The first-order chi connectivity index (χ1) is 14.3. The summed E-state index contributed by atoms with van der Waals surface area (Å²) in [7, 11) is 0. The van der Waals surface area contributed by atoms with E-state index in [2.05, 4.69) is 46.9 Å². The number of fused-ring (bicyclic) bond motifs is 2. The molecule has 3 heterocycles. The topological polar surface area (TPSA) is 79.2 Å². The number of hydrogen-bond acceptors (Lipinski definition) is 4. The van der Waals surface area contributed by atoms with Crippen LogP contribution in [0.2, 0.25) is 0 Å². The fourth-order valence-corrected chi connectivity index (χ4v) is 4.13. The molecule has 0 saturated heterocycles. The van der Waals surface area contributed by atoms with Gasteiger partial charge in [-0.25, -0.2) is 9.50 Å². The predicted octanol–water partition coefficient (Wildman–Crippen LogP) is 4.23. The summed E-state index contributed by atoms with van der Waals surface area (Å²) in [6.07, 6.45) is 2.96. The van der Waals surface area contributed by atoms with Crippen molar-refractivity contribution in [2.75, 3.05) is 4.90 Å². The highest BCUT2D eigenvalue weighted by Gasteiger charge is 2.25. The molecule has 1 amide bonds. The summed E-state index contributed by atoms with van der Waals surface area (Å²) in [5.41, 5.74) is 3.79. The molecule has 3 aromatic heterocycles. The number of H-pyrrole nitrogens is 1. The Balaban J connectivity index is 1.67. The largest absolute Gasteiger partial charge is 0.361 e. The highest BCUT2D eigenvalue weighted by atomic mass is 16.2. The van der Waals surface area contributed by atoms with Gasteiger partial charge in [0.25, 0.3) is 5.78 Å². The summed E-state index contributed by atoms with van der Waals surface area (Å²) in [5, 5.41) is 5.61. The Kier molecular flexibility index (Phi) is 5.28. The molecule has 0 bridgehead atoms. The number of hydrogen-bond donors (Lipinski definition) is 1. The lowest BCUT2D eigenvalue weighted by Gasteiger charge is -2.30. The third kappa shape index (κ3) is 3.92. The van der Waals surface area contributed by atoms with Gasteiger partial charge in [-0.05, 0) is 63.4 Å². The maximum absolute atomic E-state index is 13.4. The second kappa shape index (κ2) is 7.89. The van der Waals surface area contributed by atoms with Crippen LogP contribution in [0.4, 0.5) is 5.69 Å². The van der Waals surface area contributed by atoms with Crippen molar-refractivity contribution in [3.63, 3.8) is 0 Å². The van der Waals surface area contributed by atoms with Crippen LogP contribution >= 0.6 is 0 Å². The summed E-state index contributed by atoms with van der Waals surface area (Å²) in [6.45, 7) is 10.3. The van der Waals surface area contributed by atoms with Crippen molar-refractivity contribution < 1.29 is 4.79 Å². The number of carbonyl (C=O) groups excluding carboxylic acids is 1. The monoisotopic (exact) mass is 404 g/mol. The van der Waals surface area contributed by atoms with Crippen LogP contribution in [-0.4, -0.2) is 36.5 Å². The van der Waals surface area contributed by atoms with Gasteiger partial charge in [0.15, 0.2) is 5.82 Å². The lowest BCUT2D eigenvalue weighted by Crippen LogP contribution is -2.40. The Morgan fingerprint density at radius 3 is 2.70 bits per heavy atom. The van der Waals surface area contributed by atoms with Gasteiger partial charge >= 0.3 is 0 Å². The summed E-state index contributed by atoms with van der Waals surface area (Å²) < 4.78 is 1.70. The summed E-state index contributed by atoms with van der Waals surface area (Å²) in [4.78, 5) is 27.5. The Bertz CT molecular complexity index is 1210. The van der Waals surface area contributed by atoms with E-state index >= 15 is 0 Å². The van der Waals surface area contributed by atoms with Crippen molar-refractivity contribution in [2.45, 2.75) is 53.5 Å². The molecule has 0 aliphatic rings. The van der Waals surface area contributed by atoms with Crippen molar-refractivity contribution in [3.05, 3.63) is 53.7 Å². The number of nitrogens with zero attached hydrogens (tertiary/aromatic N) is 5. The molecule has 0 saturated carbocycles. The lowest BCUT2D eigenvalue weighted by atomic mass is 10.0. The molecule has 1 atom stereocenters. The van der Waals surface area contributed by atoms with Gasteiger partial charge in [0.05, 0.1) is 6.42 Å². The minimum Gasteiger partial charge on any atom is -0.361 e. The van der Waals surface area contributed by atoms with Crippen LogP contribution < -0.4 is 4.90 Å². The second-order valence-corrected chi connectivity index (χ2v) is 8.45. The minimum absolute atomic E-state index is 0.0108. The SMILES string of the molecule is Cc1cc(C)n2nc(CC(=O)N(c3ccc4[nH]ccc4c3)C(C)CC(C)C)nc2n1. The first kappa shape index (κ1) is 20.1. The van der Waals surface area contributed by atoms with Gasteiger partial charge in [-0.2, -0.15) is 4.98 Å². The standard InChI is InChI=1S/C23H28N6O/c1-14(2)10-16(4)28(19-6-7-20-18(12-19)8-9-24-20)22(30)13-21-26-23-25-15(3)11-17(5)29(23)27-21/h6-9,11-12,14,16,24H,10,13H2,1-5H3. The molecule has 0 fully saturated rings. The second-order valence-electron chi connectivity index (χ2n) is 8.45. The molecule has 1 unspecified atom stereocenters. The summed E-state index contributed by atoms with van der Waals surface area (Å²) >= 11 is 0. The van der Waals surface area contributed by atoms with E-state index in [1.807, 2.05) is 49.2 Å². The molecule has 1 N–H and O–H groups in total. The van der Waals surface area contributed by atoms with Crippen LogP contribution in [-0.2, 0) is 11.2 Å². The third-order valence-electron chi connectivity index (χ3n) is 5.31. The molecule has 0 aliphatic heterocycles. The quantitative estimate of drug-likeness (QED) is 0.521. The van der Waals surface area contributed by atoms with Gasteiger partial charge in [0.1, 0.15) is 0 Å². The van der Waals surface area contributed by atoms with Crippen LogP contribution in [0.25, 0.3) is 16.7 Å². The van der Waals surface area contributed by atoms with Crippen LogP contribution in [0.15, 0.2) is 36.5 Å². The van der Waals surface area contributed by atoms with Gasteiger partial charge in [-0.1, -0.05) is 13.8 Å². The Hall–Kier alpha value is -3.22. The first-order valence-electron chi connectivity index (χ1n) is 10.4. The molecule has 0 aliphatic carbocycles. The zero-order chi connectivity index (χ0) is 21.4. The number of aromatic amines is 1. The molecule has 0 spiro atoms. The highest BCUT2D eigenvalue weighted by Crippen LogP contribution is 2.26. The zero-order valence-corrected chi connectivity index (χ0v) is 18.2. The van der Waals surface area contributed by atoms with E-state index in [4.69, 9.17) is 0 Å². The van der Waals surface area contributed by atoms with Gasteiger partial charge in [0, 0.05) is 40.2 Å². The van der Waals surface area contributed by atoms with E-state index in [9.17, 15) is 4.79 Å². The van der Waals surface area contributed by atoms with E-state index < -0.39 is 0 Å². The predicted molar refractivity (Wildman–Crippen MR) is 119 cm³/mol. The van der Waals surface area contributed by atoms with Crippen LogP contribution in [0.5, 0.6) is 0 Å². The number of benzene rings is 1. The number of anilines is 1. The number of aromatic nitrogens is 5. The van der Waals surface area contributed by atoms with E-state index in [0.29, 0.717) is 17.5 Å². The van der Waals surface area contributed by atoms with E-state index in [-0.39, 0.29) is 18.4 Å². The van der Waals surface area contributed by atoms with Gasteiger partial charge < -0.3 is 9.88 Å². The summed E-state index contributed by atoms with van der Waals surface area (Å²) in [5.74, 6) is 1.49. The van der Waals surface area contributed by atoms with Gasteiger partial charge in [-0.15, -0.1) is 5.10 Å². The molecule has 30 heavy (non-hydrogen) atoms. The molecular weight excluding hydrogens is 376 g/mol. The molecule has 0 radical (unpaired) electrons. The molecule has 1 aromatic carbocycles. The Labute approximate surface area is 176 Å². The number of nitrogens with one attached hydrogen (secondary N) is 1. The molecule has 4 rings (SSSR count). The normalized spacial score (nSPS) is 12.7. The average Bonchev–Trinajstić information content (AvgIpc) is 3.27. The minimum atomic E-state index is -0.0108. The maximum atomic E-state index is 13.4. The fourth-order valence-electron chi connectivity index (χ4n) is 4.13. The van der Waals surface area contributed by atoms with Crippen LogP contribution in [0, 0.1) is 19.8 Å². The summed E-state index contributed by atoms with van der Waals surface area (Å²) in [6, 6.07) is 10.1. The lowest BCUT2D eigenvalue weighted by molar-refractivity contribution is -0.118. The van der Waals surface area contributed by atoms with Crippen molar-refractivity contribution in [3.8, 4) is 0 Å². The van der Waals surface area contributed by atoms with Gasteiger partial charge in [-0.3, -0.25) is 4.79 Å². The van der Waals surface area contributed by atoms with E-state index in [1.54, 1.807) is 4.52 Å². The third-order valence-corrected chi connectivity index (χ3v) is 5.31. The number of carbonyl (C=O) groups is 1. The van der Waals surface area contributed by atoms with Crippen molar-refractivity contribution in [1.82, 2.24) is 24.6 Å². The average molecular weight is 405 g/mol. The number of aryl methyl sites for hydroxylation is 2. The number of amides is 1. The molecule has 7 nitrogen and oxygen atoms in total. The molecule has 7 heteroatoms. The van der Waals surface area contributed by atoms with Crippen molar-refractivity contribution in [1.29, 1.82) is 0 Å². The van der Waals surface area contributed by atoms with E-state index in [1.165, 1.54) is 0 Å². The Morgan fingerprint density at radius 1 is 1.13 bits per heavy atom. The van der Waals surface area contributed by atoms with Crippen molar-refractivity contribution >= 4 is 28.3 Å². The van der Waals surface area contributed by atoms with Crippen LogP contribution in [0.3, 0.4) is 0 Å².